The van der Waals surface area contributed by atoms with Crippen LogP contribution in [0.3, 0.4) is 0 Å². The van der Waals surface area contributed by atoms with Gasteiger partial charge in [-0.3, -0.25) is 0 Å². The summed E-state index contributed by atoms with van der Waals surface area (Å²) in [5, 5.41) is 0. The first-order valence-corrected chi connectivity index (χ1v) is 4.43. The van der Waals surface area contributed by atoms with E-state index in [1.54, 1.807) is 18.2 Å². The molecule has 0 heterocycles. The van der Waals surface area contributed by atoms with Crippen LogP contribution in [0.15, 0.2) is 30.3 Å². The summed E-state index contributed by atoms with van der Waals surface area (Å²) in [5.74, 6) is -0.551. The van der Waals surface area contributed by atoms with Crippen molar-refractivity contribution in [1.82, 2.24) is 0 Å². The number of benzene rings is 1. The molecule has 0 aromatic heterocycles. The number of methoxy groups -OCH3 is 1. The zero-order valence-corrected chi connectivity index (χ0v) is 8.52. The third kappa shape index (κ3) is 3.68. The zero-order chi connectivity index (χ0) is 12.0. The second kappa shape index (κ2) is 5.85. The predicted molar refractivity (Wildman–Crippen MR) is 54.1 cm³/mol. The molecule has 1 aromatic rings. The van der Waals surface area contributed by atoms with Crippen molar-refractivity contribution in [3.05, 3.63) is 35.9 Å². The molecule has 1 aromatic carbocycles. The molecular formula is C11H10F2O3. The van der Waals surface area contributed by atoms with Gasteiger partial charge >= 0.3 is 12.6 Å². The zero-order valence-electron chi connectivity index (χ0n) is 8.52. The second-order valence-electron chi connectivity index (χ2n) is 2.77. The Labute approximate surface area is 91.3 Å². The maximum absolute atomic E-state index is 12.0. The Bertz CT molecular complexity index is 389. The van der Waals surface area contributed by atoms with Gasteiger partial charge < -0.3 is 9.47 Å². The molecule has 0 unspecified atom stereocenters. The highest BCUT2D eigenvalue weighted by molar-refractivity contribution is 5.87. The number of para-hydroxylation sites is 1. The molecule has 0 saturated carbocycles. The van der Waals surface area contributed by atoms with Gasteiger partial charge in [0.2, 0.25) is 0 Å². The lowest BCUT2D eigenvalue weighted by Gasteiger charge is -2.06. The van der Waals surface area contributed by atoms with Gasteiger partial charge in [0.25, 0.3) is 0 Å². The molecule has 0 radical (unpaired) electrons. The normalized spacial score (nSPS) is 10.8. The molecule has 0 bridgehead atoms. The third-order valence-electron chi connectivity index (χ3n) is 1.74. The van der Waals surface area contributed by atoms with Crippen molar-refractivity contribution in [3.8, 4) is 5.75 Å². The fourth-order valence-corrected chi connectivity index (χ4v) is 1.05. The molecule has 5 heteroatoms. The highest BCUT2D eigenvalue weighted by Crippen LogP contribution is 2.21. The molecule has 0 saturated heterocycles. The molecule has 0 fully saturated rings. The summed E-state index contributed by atoms with van der Waals surface area (Å²) in [4.78, 5) is 10.8. The van der Waals surface area contributed by atoms with E-state index >= 15 is 0 Å². The van der Waals surface area contributed by atoms with Crippen molar-refractivity contribution in [2.45, 2.75) is 6.61 Å². The van der Waals surface area contributed by atoms with Gasteiger partial charge in [0, 0.05) is 11.6 Å². The summed E-state index contributed by atoms with van der Waals surface area (Å²) in [7, 11) is 1.23. The molecule has 86 valence electrons. The first kappa shape index (κ1) is 12.2. The number of rotatable bonds is 4. The highest BCUT2D eigenvalue weighted by Gasteiger charge is 2.07. The fourth-order valence-electron chi connectivity index (χ4n) is 1.05. The number of carbonyl (C=O) groups is 1. The van der Waals surface area contributed by atoms with Crippen LogP contribution in [0.1, 0.15) is 5.56 Å². The number of alkyl halides is 2. The lowest BCUT2D eigenvalue weighted by Crippen LogP contribution is -2.03. The number of hydrogen-bond donors (Lipinski definition) is 0. The Morgan fingerprint density at radius 1 is 1.38 bits per heavy atom. The van der Waals surface area contributed by atoms with Crippen LogP contribution in [0.4, 0.5) is 8.78 Å². The van der Waals surface area contributed by atoms with Gasteiger partial charge in [-0.15, -0.1) is 0 Å². The summed E-state index contributed by atoms with van der Waals surface area (Å²) in [6, 6.07) is 6.16. The van der Waals surface area contributed by atoms with Gasteiger partial charge in [-0.1, -0.05) is 18.2 Å². The van der Waals surface area contributed by atoms with Crippen LogP contribution in [-0.2, 0) is 9.53 Å². The third-order valence-corrected chi connectivity index (χ3v) is 1.74. The van der Waals surface area contributed by atoms with Crippen molar-refractivity contribution in [2.24, 2.45) is 0 Å². The molecular weight excluding hydrogens is 218 g/mol. The Morgan fingerprint density at radius 3 is 2.69 bits per heavy atom. The van der Waals surface area contributed by atoms with Gasteiger partial charge in [0.05, 0.1) is 7.11 Å². The lowest BCUT2D eigenvalue weighted by atomic mass is 10.2. The first-order chi connectivity index (χ1) is 7.63. The Kier molecular flexibility index (Phi) is 4.44. The van der Waals surface area contributed by atoms with E-state index in [-0.39, 0.29) is 5.75 Å². The topological polar surface area (TPSA) is 35.5 Å². The average Bonchev–Trinajstić information content (AvgIpc) is 2.26. The van der Waals surface area contributed by atoms with E-state index in [0.717, 1.165) is 6.08 Å². The molecule has 0 atom stereocenters. The minimum atomic E-state index is -2.90. The summed E-state index contributed by atoms with van der Waals surface area (Å²) in [6.45, 7) is -2.90. The number of carbonyl (C=O) groups excluding carboxylic acids is 1. The smallest absolute Gasteiger partial charge is 0.387 e. The monoisotopic (exact) mass is 228 g/mol. The summed E-state index contributed by atoms with van der Waals surface area (Å²) >= 11 is 0. The molecule has 0 aliphatic rings. The molecule has 1 rings (SSSR count). The predicted octanol–water partition coefficient (Wildman–Crippen LogP) is 2.47. The van der Waals surface area contributed by atoms with Crippen molar-refractivity contribution < 1.29 is 23.0 Å². The van der Waals surface area contributed by atoms with E-state index in [1.165, 1.54) is 19.3 Å². The van der Waals surface area contributed by atoms with E-state index in [1.807, 2.05) is 0 Å². The molecule has 0 N–H and O–H groups in total. The SMILES string of the molecule is COC(=O)/C=C/c1ccccc1OC(F)F. The van der Waals surface area contributed by atoms with E-state index in [2.05, 4.69) is 9.47 Å². The van der Waals surface area contributed by atoms with Crippen LogP contribution in [0, 0.1) is 0 Å². The van der Waals surface area contributed by atoms with Crippen LogP contribution in [0.25, 0.3) is 6.08 Å². The molecule has 0 aliphatic heterocycles. The summed E-state index contributed by atoms with van der Waals surface area (Å²) < 4.78 is 32.7. The van der Waals surface area contributed by atoms with Gasteiger partial charge in [0.1, 0.15) is 5.75 Å². The number of hydrogen-bond acceptors (Lipinski definition) is 3. The molecule has 0 spiro atoms. The second-order valence-corrected chi connectivity index (χ2v) is 2.77. The van der Waals surface area contributed by atoms with Crippen LogP contribution < -0.4 is 4.74 Å². The van der Waals surface area contributed by atoms with Crippen molar-refractivity contribution in [1.29, 1.82) is 0 Å². The standard InChI is InChI=1S/C11H10F2O3/c1-15-10(14)7-6-8-4-2-3-5-9(8)16-11(12)13/h2-7,11H,1H3/b7-6+. The molecule has 0 amide bonds. The maximum Gasteiger partial charge on any atom is 0.387 e. The fraction of sp³-hybridized carbons (Fsp3) is 0.182. The lowest BCUT2D eigenvalue weighted by molar-refractivity contribution is -0.134. The maximum atomic E-state index is 12.0. The molecule has 3 nitrogen and oxygen atoms in total. The Balaban J connectivity index is 2.86. The van der Waals surface area contributed by atoms with Gasteiger partial charge in [-0.2, -0.15) is 8.78 Å². The highest BCUT2D eigenvalue weighted by atomic mass is 19.3. The van der Waals surface area contributed by atoms with Crippen LogP contribution in [0.2, 0.25) is 0 Å². The van der Waals surface area contributed by atoms with E-state index in [9.17, 15) is 13.6 Å². The molecule has 16 heavy (non-hydrogen) atoms. The van der Waals surface area contributed by atoms with Crippen molar-refractivity contribution >= 4 is 12.0 Å². The van der Waals surface area contributed by atoms with Gasteiger partial charge in [0.15, 0.2) is 0 Å². The van der Waals surface area contributed by atoms with E-state index in [4.69, 9.17) is 0 Å². The summed E-state index contributed by atoms with van der Waals surface area (Å²) in [6.07, 6.45) is 2.48. The number of halogens is 2. The number of esters is 1. The summed E-state index contributed by atoms with van der Waals surface area (Å²) in [5.41, 5.74) is 0.383. The Hall–Kier alpha value is -1.91. The quantitative estimate of drug-likeness (QED) is 0.586. The largest absolute Gasteiger partial charge is 0.466 e. The van der Waals surface area contributed by atoms with Gasteiger partial charge in [-0.25, -0.2) is 4.79 Å². The van der Waals surface area contributed by atoms with E-state index in [0.29, 0.717) is 5.56 Å². The van der Waals surface area contributed by atoms with Crippen LogP contribution >= 0.6 is 0 Å². The van der Waals surface area contributed by atoms with Crippen molar-refractivity contribution in [2.75, 3.05) is 7.11 Å². The number of ether oxygens (including phenoxy) is 2. The minimum Gasteiger partial charge on any atom is -0.466 e. The van der Waals surface area contributed by atoms with Gasteiger partial charge in [-0.05, 0) is 12.1 Å². The van der Waals surface area contributed by atoms with Crippen molar-refractivity contribution in [3.63, 3.8) is 0 Å². The first-order valence-electron chi connectivity index (χ1n) is 4.43. The van der Waals surface area contributed by atoms with Crippen LogP contribution in [-0.4, -0.2) is 19.7 Å². The van der Waals surface area contributed by atoms with Crippen LogP contribution in [0.5, 0.6) is 5.75 Å². The Morgan fingerprint density at radius 2 is 2.06 bits per heavy atom. The molecule has 0 aliphatic carbocycles. The average molecular weight is 228 g/mol. The minimum absolute atomic E-state index is 0.0117. The van der Waals surface area contributed by atoms with E-state index < -0.39 is 12.6 Å².